The summed E-state index contributed by atoms with van der Waals surface area (Å²) in [7, 11) is 0. The van der Waals surface area contributed by atoms with E-state index in [0.717, 1.165) is 29.8 Å². The maximum atomic E-state index is 9.28. The van der Waals surface area contributed by atoms with Gasteiger partial charge in [-0.15, -0.1) is 0 Å². The van der Waals surface area contributed by atoms with Crippen LogP contribution in [-0.2, 0) is 6.42 Å². The number of anilines is 1. The highest BCUT2D eigenvalue weighted by atomic mass is 16.5. The van der Waals surface area contributed by atoms with Gasteiger partial charge >= 0.3 is 0 Å². The molecule has 0 aliphatic carbocycles. The Hall–Kier alpha value is -3.06. The zero-order valence-electron chi connectivity index (χ0n) is 16.7. The minimum Gasteiger partial charge on any atom is -0.490 e. The molecule has 0 bridgehead atoms. The minimum atomic E-state index is 0.135. The molecule has 1 aliphatic heterocycles. The van der Waals surface area contributed by atoms with E-state index >= 15 is 0 Å². The number of hydrogen-bond acceptors (Lipinski definition) is 7. The van der Waals surface area contributed by atoms with E-state index in [1.54, 1.807) is 0 Å². The Labute approximate surface area is 169 Å². The van der Waals surface area contributed by atoms with Gasteiger partial charge in [0.25, 0.3) is 5.89 Å². The number of ether oxygens (including phenoxy) is 2. The largest absolute Gasteiger partial charge is 0.490 e. The average molecular weight is 395 g/mol. The van der Waals surface area contributed by atoms with E-state index in [4.69, 9.17) is 14.0 Å². The third-order valence-electron chi connectivity index (χ3n) is 4.95. The van der Waals surface area contributed by atoms with Gasteiger partial charge in [-0.1, -0.05) is 17.3 Å². The molecule has 2 heterocycles. The summed E-state index contributed by atoms with van der Waals surface area (Å²) in [4.78, 5) is 6.82. The predicted molar refractivity (Wildman–Crippen MR) is 111 cm³/mol. The molecule has 0 unspecified atom stereocenters. The number of benzene rings is 2. The Bertz CT molecular complexity index is 986. The van der Waals surface area contributed by atoms with Crippen LogP contribution in [0.15, 0.2) is 40.9 Å². The lowest BCUT2D eigenvalue weighted by Gasteiger charge is -2.17. The number of fused-ring (bicyclic) bond motifs is 1. The average Bonchev–Trinajstić information content (AvgIpc) is 3.38. The van der Waals surface area contributed by atoms with Gasteiger partial charge in [-0.3, -0.25) is 0 Å². The highest BCUT2D eigenvalue weighted by Crippen LogP contribution is 2.37. The second kappa shape index (κ2) is 8.53. The molecule has 0 spiro atoms. The van der Waals surface area contributed by atoms with Gasteiger partial charge in [-0.25, -0.2) is 0 Å². The first-order chi connectivity index (χ1) is 14.2. The molecule has 152 valence electrons. The first-order valence-electron chi connectivity index (χ1n) is 9.97. The van der Waals surface area contributed by atoms with E-state index in [1.165, 1.54) is 5.56 Å². The number of rotatable bonds is 8. The molecule has 29 heavy (non-hydrogen) atoms. The van der Waals surface area contributed by atoms with Gasteiger partial charge in [0.15, 0.2) is 11.5 Å². The lowest BCUT2D eigenvalue weighted by atomic mass is 10.0. The molecule has 0 atom stereocenters. The standard InChI is InChI=1S/C22H25N3O4/c1-3-27-19-9-8-15(14-20(19)28-4-2)22-23-21(24-29-22)17-6-5-7-18-16(17)10-11-25(18)12-13-26/h5-9,14,26H,3-4,10-13H2,1-2H3. The van der Waals surface area contributed by atoms with Crippen LogP contribution in [0.5, 0.6) is 11.5 Å². The summed E-state index contributed by atoms with van der Waals surface area (Å²) >= 11 is 0. The van der Waals surface area contributed by atoms with Crippen molar-refractivity contribution in [3.8, 4) is 34.3 Å². The maximum absolute atomic E-state index is 9.28. The number of aromatic nitrogens is 2. The molecule has 7 nitrogen and oxygen atoms in total. The molecule has 0 amide bonds. The second-order valence-corrected chi connectivity index (χ2v) is 6.71. The van der Waals surface area contributed by atoms with E-state index in [9.17, 15) is 5.11 Å². The summed E-state index contributed by atoms with van der Waals surface area (Å²) in [5, 5.41) is 13.5. The molecule has 0 fully saturated rings. The van der Waals surface area contributed by atoms with Gasteiger partial charge in [-0.05, 0) is 50.1 Å². The highest BCUT2D eigenvalue weighted by Gasteiger charge is 2.24. The van der Waals surface area contributed by atoms with Crippen LogP contribution in [-0.4, -0.2) is 48.2 Å². The Morgan fingerprint density at radius 1 is 1.10 bits per heavy atom. The van der Waals surface area contributed by atoms with Crippen LogP contribution in [0.25, 0.3) is 22.8 Å². The van der Waals surface area contributed by atoms with Gasteiger partial charge in [0, 0.05) is 29.9 Å². The van der Waals surface area contributed by atoms with E-state index in [-0.39, 0.29) is 6.61 Å². The van der Waals surface area contributed by atoms with Crippen molar-refractivity contribution in [2.75, 3.05) is 37.8 Å². The van der Waals surface area contributed by atoms with Crippen molar-refractivity contribution in [2.24, 2.45) is 0 Å². The van der Waals surface area contributed by atoms with E-state index in [2.05, 4.69) is 21.1 Å². The Kier molecular flexibility index (Phi) is 5.67. The van der Waals surface area contributed by atoms with Crippen LogP contribution < -0.4 is 14.4 Å². The van der Waals surface area contributed by atoms with Gasteiger partial charge in [0.05, 0.1) is 19.8 Å². The van der Waals surface area contributed by atoms with Gasteiger partial charge in [-0.2, -0.15) is 4.98 Å². The van der Waals surface area contributed by atoms with Crippen molar-refractivity contribution in [2.45, 2.75) is 20.3 Å². The van der Waals surface area contributed by atoms with Crippen molar-refractivity contribution in [1.29, 1.82) is 0 Å². The zero-order chi connectivity index (χ0) is 20.2. The maximum Gasteiger partial charge on any atom is 0.258 e. The Morgan fingerprint density at radius 3 is 2.72 bits per heavy atom. The molecule has 1 aromatic heterocycles. The number of aliphatic hydroxyl groups excluding tert-OH is 1. The molecule has 1 N–H and O–H groups in total. The first-order valence-corrected chi connectivity index (χ1v) is 9.97. The lowest BCUT2D eigenvalue weighted by molar-refractivity contribution is 0.288. The van der Waals surface area contributed by atoms with E-state index in [0.29, 0.717) is 43.0 Å². The number of β-amino-alcohol motifs (C(OH)–C–C–N with tert-alkyl or cyclic N) is 1. The van der Waals surface area contributed by atoms with Crippen molar-refractivity contribution in [3.63, 3.8) is 0 Å². The van der Waals surface area contributed by atoms with Gasteiger partial charge in [0.2, 0.25) is 5.82 Å². The van der Waals surface area contributed by atoms with E-state index in [1.807, 2.05) is 44.2 Å². The summed E-state index contributed by atoms with van der Waals surface area (Å²) in [6, 6.07) is 11.7. The van der Waals surface area contributed by atoms with Crippen molar-refractivity contribution < 1.29 is 19.1 Å². The Balaban J connectivity index is 1.66. The van der Waals surface area contributed by atoms with Crippen LogP contribution in [0.2, 0.25) is 0 Å². The molecule has 3 aromatic rings. The predicted octanol–water partition coefficient (Wildman–Crippen LogP) is 3.56. The minimum absolute atomic E-state index is 0.135. The monoisotopic (exact) mass is 395 g/mol. The zero-order valence-corrected chi connectivity index (χ0v) is 16.7. The Morgan fingerprint density at radius 2 is 1.93 bits per heavy atom. The fraction of sp³-hybridized carbons (Fsp3) is 0.364. The van der Waals surface area contributed by atoms with E-state index < -0.39 is 0 Å². The molecule has 2 aromatic carbocycles. The van der Waals surface area contributed by atoms with Crippen LogP contribution in [0.1, 0.15) is 19.4 Å². The van der Waals surface area contributed by atoms with Gasteiger partial charge < -0.3 is 24.0 Å². The lowest BCUT2D eigenvalue weighted by Crippen LogP contribution is -2.23. The van der Waals surface area contributed by atoms with Crippen LogP contribution in [0.3, 0.4) is 0 Å². The third-order valence-corrected chi connectivity index (χ3v) is 4.95. The normalized spacial score (nSPS) is 12.9. The summed E-state index contributed by atoms with van der Waals surface area (Å²) in [5.74, 6) is 2.36. The smallest absolute Gasteiger partial charge is 0.258 e. The van der Waals surface area contributed by atoms with Gasteiger partial charge in [0.1, 0.15) is 0 Å². The van der Waals surface area contributed by atoms with Crippen molar-refractivity contribution in [1.82, 2.24) is 10.1 Å². The summed E-state index contributed by atoms with van der Waals surface area (Å²) in [6.45, 7) is 6.62. The topological polar surface area (TPSA) is 80.9 Å². The van der Waals surface area contributed by atoms with Crippen LogP contribution in [0, 0.1) is 0 Å². The van der Waals surface area contributed by atoms with Crippen molar-refractivity contribution in [3.05, 3.63) is 42.0 Å². The fourth-order valence-electron chi connectivity index (χ4n) is 3.70. The third kappa shape index (κ3) is 3.78. The summed E-state index contributed by atoms with van der Waals surface area (Å²) in [6.07, 6.45) is 0.896. The molecular weight excluding hydrogens is 370 g/mol. The van der Waals surface area contributed by atoms with Crippen LogP contribution in [0.4, 0.5) is 5.69 Å². The molecule has 1 aliphatic rings. The highest BCUT2D eigenvalue weighted by molar-refractivity contribution is 5.73. The fourth-order valence-corrected chi connectivity index (χ4v) is 3.70. The second-order valence-electron chi connectivity index (χ2n) is 6.71. The van der Waals surface area contributed by atoms with Crippen LogP contribution >= 0.6 is 0 Å². The molecule has 0 saturated heterocycles. The molecule has 0 radical (unpaired) electrons. The quantitative estimate of drug-likeness (QED) is 0.625. The summed E-state index contributed by atoms with van der Waals surface area (Å²) in [5.41, 5.74) is 4.07. The first kappa shape index (κ1) is 19.3. The molecule has 4 rings (SSSR count). The summed E-state index contributed by atoms with van der Waals surface area (Å²) < 4.78 is 16.9. The van der Waals surface area contributed by atoms with Crippen molar-refractivity contribution >= 4 is 5.69 Å². The molecule has 0 saturated carbocycles. The SMILES string of the molecule is CCOc1ccc(-c2nc(-c3cccc4c3CCN4CCO)no2)cc1OCC. The molecular formula is C22H25N3O4. The number of nitrogens with zero attached hydrogens (tertiary/aromatic N) is 3. The molecule has 7 heteroatoms. The number of hydrogen-bond donors (Lipinski definition) is 1. The number of aliphatic hydroxyl groups is 1.